The molecule has 0 spiro atoms. The van der Waals surface area contributed by atoms with E-state index in [1.807, 2.05) is 24.3 Å². The molecule has 0 aliphatic rings. The Morgan fingerprint density at radius 3 is 2.17 bits per heavy atom. The Morgan fingerprint density at radius 2 is 1.72 bits per heavy atom. The van der Waals surface area contributed by atoms with Crippen molar-refractivity contribution in [1.82, 2.24) is 5.32 Å². The van der Waals surface area contributed by atoms with Crippen LogP contribution >= 0.6 is 11.8 Å². The van der Waals surface area contributed by atoms with Crippen molar-refractivity contribution < 1.29 is 9.59 Å². The van der Waals surface area contributed by atoms with Crippen LogP contribution in [0.2, 0.25) is 0 Å². The number of carbonyl (C=O) groups excluding carboxylic acids is 2. The summed E-state index contributed by atoms with van der Waals surface area (Å²) in [6.07, 6.45) is 0. The number of imide groups is 1. The maximum atomic E-state index is 11.5. The molecule has 0 aromatic heterocycles. The SMILES string of the molecule is CC(Sc1ccc(C(C)C)cc1)C(=O)NC(N)=O. The number of thioether (sulfide) groups is 1. The van der Waals surface area contributed by atoms with E-state index in [2.05, 4.69) is 19.2 Å². The van der Waals surface area contributed by atoms with Crippen molar-refractivity contribution in [3.63, 3.8) is 0 Å². The fraction of sp³-hybridized carbons (Fsp3) is 0.385. The number of hydrogen-bond acceptors (Lipinski definition) is 3. The largest absolute Gasteiger partial charge is 0.351 e. The van der Waals surface area contributed by atoms with E-state index in [9.17, 15) is 9.59 Å². The highest BCUT2D eigenvalue weighted by molar-refractivity contribution is 8.00. The van der Waals surface area contributed by atoms with Crippen molar-refractivity contribution in [2.24, 2.45) is 5.73 Å². The summed E-state index contributed by atoms with van der Waals surface area (Å²) in [6.45, 7) is 6.00. The van der Waals surface area contributed by atoms with Gasteiger partial charge in [-0.05, 0) is 30.5 Å². The highest BCUT2D eigenvalue weighted by Crippen LogP contribution is 2.25. The summed E-state index contributed by atoms with van der Waals surface area (Å²) in [5, 5.41) is 1.71. The third kappa shape index (κ3) is 4.41. The average molecular weight is 266 g/mol. The quantitative estimate of drug-likeness (QED) is 0.822. The van der Waals surface area contributed by atoms with E-state index in [1.54, 1.807) is 6.92 Å². The van der Waals surface area contributed by atoms with E-state index >= 15 is 0 Å². The maximum absolute atomic E-state index is 11.5. The summed E-state index contributed by atoms with van der Waals surface area (Å²) in [5.41, 5.74) is 6.16. The van der Waals surface area contributed by atoms with Gasteiger partial charge in [-0.15, -0.1) is 11.8 Å². The van der Waals surface area contributed by atoms with Gasteiger partial charge >= 0.3 is 6.03 Å². The minimum absolute atomic E-state index is 0.359. The second-order valence-electron chi connectivity index (χ2n) is 4.34. The number of urea groups is 1. The van der Waals surface area contributed by atoms with Crippen LogP contribution in [-0.2, 0) is 4.79 Å². The third-order valence-corrected chi connectivity index (χ3v) is 3.59. The predicted octanol–water partition coefficient (Wildman–Crippen LogP) is 2.49. The molecule has 1 aromatic carbocycles. The highest BCUT2D eigenvalue weighted by atomic mass is 32.2. The van der Waals surface area contributed by atoms with Crippen LogP contribution in [-0.4, -0.2) is 17.2 Å². The minimum Gasteiger partial charge on any atom is -0.351 e. The summed E-state index contributed by atoms with van der Waals surface area (Å²) < 4.78 is 0. The van der Waals surface area contributed by atoms with E-state index in [0.29, 0.717) is 5.92 Å². The average Bonchev–Trinajstić information content (AvgIpc) is 2.28. The van der Waals surface area contributed by atoms with Crippen molar-refractivity contribution >= 4 is 23.7 Å². The Bertz CT molecular complexity index is 429. The highest BCUT2D eigenvalue weighted by Gasteiger charge is 2.15. The van der Waals surface area contributed by atoms with Crippen molar-refractivity contribution in [2.45, 2.75) is 36.8 Å². The summed E-state index contributed by atoms with van der Waals surface area (Å²) >= 11 is 1.39. The number of hydrogen-bond donors (Lipinski definition) is 2. The summed E-state index contributed by atoms with van der Waals surface area (Å²) in [7, 11) is 0. The van der Waals surface area contributed by atoms with Crippen LogP contribution in [0.1, 0.15) is 32.3 Å². The number of benzene rings is 1. The molecule has 0 radical (unpaired) electrons. The smallest absolute Gasteiger partial charge is 0.318 e. The molecule has 0 aliphatic carbocycles. The van der Waals surface area contributed by atoms with Crippen LogP contribution in [0.4, 0.5) is 4.79 Å². The molecule has 0 heterocycles. The van der Waals surface area contributed by atoms with Gasteiger partial charge in [0.25, 0.3) is 0 Å². The molecule has 5 heteroatoms. The van der Waals surface area contributed by atoms with Crippen LogP contribution in [0, 0.1) is 0 Å². The van der Waals surface area contributed by atoms with Crippen LogP contribution < -0.4 is 11.1 Å². The molecule has 0 saturated carbocycles. The lowest BCUT2D eigenvalue weighted by molar-refractivity contribution is -0.119. The summed E-state index contributed by atoms with van der Waals surface area (Å²) in [4.78, 5) is 23.1. The fourth-order valence-corrected chi connectivity index (χ4v) is 2.28. The molecule has 0 fully saturated rings. The van der Waals surface area contributed by atoms with Gasteiger partial charge in [0.1, 0.15) is 0 Å². The first-order chi connectivity index (χ1) is 8.40. The minimum atomic E-state index is -0.817. The molecule has 1 unspecified atom stereocenters. The molecule has 4 nitrogen and oxygen atoms in total. The van der Waals surface area contributed by atoms with Crippen LogP contribution in [0.15, 0.2) is 29.2 Å². The molecule has 0 bridgehead atoms. The van der Waals surface area contributed by atoms with Crippen molar-refractivity contribution in [1.29, 1.82) is 0 Å². The van der Waals surface area contributed by atoms with Crippen molar-refractivity contribution in [3.8, 4) is 0 Å². The molecule has 18 heavy (non-hydrogen) atoms. The van der Waals surface area contributed by atoms with Crippen LogP contribution in [0.25, 0.3) is 0 Å². The van der Waals surface area contributed by atoms with E-state index in [4.69, 9.17) is 5.73 Å². The monoisotopic (exact) mass is 266 g/mol. The van der Waals surface area contributed by atoms with Gasteiger partial charge in [-0.1, -0.05) is 26.0 Å². The zero-order valence-electron chi connectivity index (χ0n) is 10.8. The lowest BCUT2D eigenvalue weighted by Gasteiger charge is -2.11. The lowest BCUT2D eigenvalue weighted by Crippen LogP contribution is -2.39. The van der Waals surface area contributed by atoms with Gasteiger partial charge in [-0.25, -0.2) is 4.79 Å². The Morgan fingerprint density at radius 1 is 1.17 bits per heavy atom. The number of primary amides is 1. The molecule has 1 rings (SSSR count). The first kappa shape index (κ1) is 14.6. The molecule has 1 atom stereocenters. The molecule has 98 valence electrons. The number of nitrogens with one attached hydrogen (secondary N) is 1. The van der Waals surface area contributed by atoms with E-state index in [1.165, 1.54) is 17.3 Å². The van der Waals surface area contributed by atoms with Crippen molar-refractivity contribution in [2.75, 3.05) is 0 Å². The summed E-state index contributed by atoms with van der Waals surface area (Å²) in [6, 6.07) is 7.24. The molecule has 3 amide bonds. The van der Waals surface area contributed by atoms with Gasteiger partial charge in [0, 0.05) is 4.90 Å². The first-order valence-electron chi connectivity index (χ1n) is 5.77. The molecule has 0 saturated heterocycles. The number of nitrogens with two attached hydrogens (primary N) is 1. The van der Waals surface area contributed by atoms with Crippen molar-refractivity contribution in [3.05, 3.63) is 29.8 Å². The Hall–Kier alpha value is -1.49. The lowest BCUT2D eigenvalue weighted by atomic mass is 10.0. The number of amides is 3. The van der Waals surface area contributed by atoms with E-state index < -0.39 is 6.03 Å². The Kier molecular flexibility index (Phi) is 5.22. The van der Waals surface area contributed by atoms with Gasteiger partial charge in [0.05, 0.1) is 5.25 Å². The standard InChI is InChI=1S/C13H18N2O2S/c1-8(2)10-4-6-11(7-5-10)18-9(3)12(16)15-13(14)17/h4-9H,1-3H3,(H3,14,15,16,17). The third-order valence-electron chi connectivity index (χ3n) is 2.48. The molecule has 0 aliphatic heterocycles. The second-order valence-corrected chi connectivity index (χ2v) is 5.75. The molecular weight excluding hydrogens is 248 g/mol. The van der Waals surface area contributed by atoms with Gasteiger partial charge in [-0.3, -0.25) is 10.1 Å². The predicted molar refractivity (Wildman–Crippen MR) is 73.6 cm³/mol. The molecular formula is C13H18N2O2S. The Labute approximate surface area is 111 Å². The van der Waals surface area contributed by atoms with E-state index in [0.717, 1.165) is 4.90 Å². The molecule has 3 N–H and O–H groups in total. The zero-order valence-corrected chi connectivity index (χ0v) is 11.6. The molecule has 1 aromatic rings. The maximum Gasteiger partial charge on any atom is 0.318 e. The normalized spacial score (nSPS) is 12.2. The van der Waals surface area contributed by atoms with Gasteiger partial charge in [0.15, 0.2) is 0 Å². The van der Waals surface area contributed by atoms with Gasteiger partial charge < -0.3 is 5.73 Å². The second kappa shape index (κ2) is 6.44. The topological polar surface area (TPSA) is 72.2 Å². The van der Waals surface area contributed by atoms with Gasteiger partial charge in [0.2, 0.25) is 5.91 Å². The number of carbonyl (C=O) groups is 2. The fourth-order valence-electron chi connectivity index (χ4n) is 1.41. The summed E-state index contributed by atoms with van der Waals surface area (Å²) in [5.74, 6) is 0.111. The van der Waals surface area contributed by atoms with E-state index in [-0.39, 0.29) is 11.2 Å². The van der Waals surface area contributed by atoms with Crippen LogP contribution in [0.5, 0.6) is 0 Å². The first-order valence-corrected chi connectivity index (χ1v) is 6.65. The Balaban J connectivity index is 2.61. The van der Waals surface area contributed by atoms with Crippen LogP contribution in [0.3, 0.4) is 0 Å². The van der Waals surface area contributed by atoms with Gasteiger partial charge in [-0.2, -0.15) is 0 Å². The zero-order chi connectivity index (χ0) is 13.7. The number of rotatable bonds is 4.